The Balaban J connectivity index is 0.000000292. The van der Waals surface area contributed by atoms with Crippen molar-refractivity contribution >= 4 is 109 Å². The van der Waals surface area contributed by atoms with E-state index in [1.807, 2.05) is 35.9 Å². The third kappa shape index (κ3) is 20.6. The van der Waals surface area contributed by atoms with Gasteiger partial charge in [0.2, 0.25) is 10.7 Å². The van der Waals surface area contributed by atoms with Gasteiger partial charge in [0.15, 0.2) is 39.6 Å². The molecule has 0 bridgehead atoms. The molecule has 0 spiro atoms. The molecular weight excluding hydrogens is 1170 g/mol. The molecule has 448 valence electrons. The number of rotatable bonds is 16. The Morgan fingerprint density at radius 2 is 1.79 bits per heavy atom. The Bertz CT molecular complexity index is 3270. The summed E-state index contributed by atoms with van der Waals surface area (Å²) in [6, 6.07) is 11.6. The molecule has 1 fully saturated rings. The number of terminal acetylenes is 1. The molecule has 2 amide bonds. The van der Waals surface area contributed by atoms with Crippen LogP contribution in [0.5, 0.6) is 5.75 Å². The van der Waals surface area contributed by atoms with Crippen LogP contribution in [0.25, 0.3) is 0 Å². The monoisotopic (exact) mass is 1240 g/mol. The smallest absolute Gasteiger partial charge is 0.317 e. The summed E-state index contributed by atoms with van der Waals surface area (Å²) in [6.07, 6.45) is 14.3. The number of hydrogen-bond acceptors (Lipinski definition) is 18. The number of nitro benzene ring substituents is 1. The Labute approximate surface area is 487 Å². The first-order chi connectivity index (χ1) is 38.2. The maximum atomic E-state index is 14.5. The fourth-order valence-electron chi connectivity index (χ4n) is 8.33. The largest absolute Gasteiger partial charge is 0.778 e. The number of amides is 2. The third-order valence-corrected chi connectivity index (χ3v) is 14.5. The van der Waals surface area contributed by atoms with E-state index >= 15 is 0 Å². The topological polar surface area (TPSA) is 327 Å². The highest BCUT2D eigenvalue weighted by molar-refractivity contribution is 7.94. The highest BCUT2D eigenvalue weighted by atomic mass is 35.5. The Morgan fingerprint density at radius 3 is 2.33 bits per heavy atom. The van der Waals surface area contributed by atoms with Gasteiger partial charge in [0.05, 0.1) is 77.5 Å². The van der Waals surface area contributed by atoms with E-state index in [2.05, 4.69) is 60.9 Å². The van der Waals surface area contributed by atoms with E-state index in [4.69, 9.17) is 37.5 Å². The van der Waals surface area contributed by atoms with E-state index in [0.717, 1.165) is 66.5 Å². The molecule has 3 heterocycles. The number of ketones is 3. The minimum Gasteiger partial charge on any atom is -0.778 e. The molecule has 7 rings (SSSR count). The lowest BCUT2D eigenvalue weighted by molar-refractivity contribution is -0.385. The number of carbonyl (C=O) groups excluding carboxylic acids is 5. The number of ether oxygens (including phenoxy) is 2. The molecule has 0 radical (unpaired) electrons. The number of sulfone groups is 1. The average Bonchev–Trinajstić information content (AvgIpc) is 3.97. The zero-order valence-corrected chi connectivity index (χ0v) is 51.2. The van der Waals surface area contributed by atoms with Gasteiger partial charge in [-0.15, -0.1) is 18.0 Å². The number of benzene rings is 3. The van der Waals surface area contributed by atoms with Crippen LogP contribution in [-0.4, -0.2) is 144 Å². The van der Waals surface area contributed by atoms with Gasteiger partial charge in [0.1, 0.15) is 36.7 Å². The molecule has 4 aromatic rings. The summed E-state index contributed by atoms with van der Waals surface area (Å²) in [6.45, 7) is 11.1. The molecule has 3 aliphatic rings. The summed E-state index contributed by atoms with van der Waals surface area (Å²) in [7, 11) is -5.77. The summed E-state index contributed by atoms with van der Waals surface area (Å²) >= 11 is 7.00. The van der Waals surface area contributed by atoms with Crippen molar-refractivity contribution in [3.63, 3.8) is 0 Å². The normalized spacial score (nSPS) is 15.7. The lowest BCUT2D eigenvalue weighted by Gasteiger charge is -2.31. The number of nitrogens with one attached hydrogen (secondary N) is 1. The first kappa shape index (κ1) is 70.1. The van der Waals surface area contributed by atoms with Gasteiger partial charge >= 0.3 is 5.97 Å². The predicted molar refractivity (Wildman–Crippen MR) is 309 cm³/mol. The van der Waals surface area contributed by atoms with Crippen LogP contribution >= 0.6 is 30.7 Å². The summed E-state index contributed by atoms with van der Waals surface area (Å²) in [5.74, 6) is -1.97. The van der Waals surface area contributed by atoms with Gasteiger partial charge in [-0.3, -0.25) is 49.1 Å². The Kier molecular flexibility index (Phi) is 26.9. The third-order valence-electron chi connectivity index (χ3n) is 11.8. The molecule has 2 unspecified atom stereocenters. The molecule has 29 heteroatoms. The van der Waals surface area contributed by atoms with Crippen molar-refractivity contribution in [3.05, 3.63) is 91.8 Å². The molecule has 0 saturated heterocycles. The van der Waals surface area contributed by atoms with Crippen LogP contribution < -0.4 is 29.5 Å². The van der Waals surface area contributed by atoms with Crippen molar-refractivity contribution in [3.8, 4) is 18.1 Å². The van der Waals surface area contributed by atoms with Crippen molar-refractivity contribution < 1.29 is 75.4 Å². The maximum Gasteiger partial charge on any atom is 0.317 e. The van der Waals surface area contributed by atoms with Crippen molar-refractivity contribution in [2.75, 3.05) is 80.4 Å². The van der Waals surface area contributed by atoms with E-state index in [9.17, 15) is 61.1 Å². The molecule has 1 saturated carbocycles. The number of hydrogen-bond donors (Lipinski definition) is 3. The molecular formula is C53H68ClFN7O16PS3. The molecule has 2 atom stereocenters. The van der Waals surface area contributed by atoms with E-state index in [1.54, 1.807) is 12.0 Å². The van der Waals surface area contributed by atoms with Crippen LogP contribution in [0.2, 0.25) is 0 Å². The van der Waals surface area contributed by atoms with Crippen LogP contribution in [0.1, 0.15) is 74.3 Å². The number of nitrogens with zero attached hydrogens (tertiary/aromatic N) is 6. The van der Waals surface area contributed by atoms with Gasteiger partial charge in [-0.2, -0.15) is 4.37 Å². The second kappa shape index (κ2) is 31.5. The zero-order chi connectivity index (χ0) is 62.0. The zero-order valence-electron chi connectivity index (χ0n) is 47.1. The summed E-state index contributed by atoms with van der Waals surface area (Å²) < 4.78 is 64.4. The lowest BCUT2D eigenvalue weighted by atomic mass is 9.81. The number of alkyl halides is 1. The van der Waals surface area contributed by atoms with Crippen molar-refractivity contribution in [1.29, 1.82) is 0 Å². The first-order valence-corrected chi connectivity index (χ1v) is 32.4. The first-order valence-electron chi connectivity index (χ1n) is 25.0. The number of fused-ring (bicyclic) bond motifs is 2. The quantitative estimate of drug-likeness (QED) is 0.0190. The van der Waals surface area contributed by atoms with Crippen LogP contribution in [0.4, 0.5) is 27.1 Å². The minimum absolute atomic E-state index is 0.0223. The fraction of sp³-hybridized carbons (Fsp3) is 0.472. The number of Topliss-reactive ketones (excluding diaryl/α,β-unsaturated/α-hetero) is 3. The van der Waals surface area contributed by atoms with Crippen molar-refractivity contribution in [1.82, 2.24) is 14.3 Å². The number of aryl methyl sites for hydroxylation is 2. The summed E-state index contributed by atoms with van der Waals surface area (Å²) in [4.78, 5) is 106. The Hall–Kier alpha value is -6.21. The number of carbonyl (C=O) groups is 6. The van der Waals surface area contributed by atoms with Crippen LogP contribution in [0.15, 0.2) is 58.4 Å². The minimum atomic E-state index is -4.35. The van der Waals surface area contributed by atoms with E-state index < -0.39 is 81.5 Å². The van der Waals surface area contributed by atoms with E-state index in [0.29, 0.717) is 40.2 Å². The number of nitro groups is 1. The van der Waals surface area contributed by atoms with Crippen molar-refractivity contribution in [2.45, 2.75) is 84.2 Å². The van der Waals surface area contributed by atoms with Crippen LogP contribution in [0, 0.1) is 46.5 Å². The molecule has 82 heavy (non-hydrogen) atoms. The fourth-order valence-corrected chi connectivity index (χ4v) is 10.2. The molecule has 1 aliphatic carbocycles. The number of methoxy groups -OCH3 is 1. The molecule has 1 aromatic heterocycles. The number of carboxylic acid groups (broad SMARTS) is 1. The molecule has 23 nitrogen and oxygen atoms in total. The molecule has 2 aliphatic heterocycles. The average molecular weight is 1240 g/mol. The highest BCUT2D eigenvalue weighted by Gasteiger charge is 2.39. The number of halogens is 2. The number of para-hydroxylation sites is 1. The highest BCUT2D eigenvalue weighted by Crippen LogP contribution is 2.38. The Morgan fingerprint density at radius 1 is 1.16 bits per heavy atom. The van der Waals surface area contributed by atoms with Gasteiger partial charge < -0.3 is 38.4 Å². The van der Waals surface area contributed by atoms with Gasteiger partial charge in [-0.25, -0.2) is 17.8 Å². The maximum absolute atomic E-state index is 14.5. The van der Waals surface area contributed by atoms with Gasteiger partial charge in [0, 0.05) is 62.8 Å². The standard InChI is InChI=1S/C18H17FN4O2S.C15H22ClNO2.C14H13NO7S.C3H8NO5P.C3H9S/c1-4-5-22-13-7-12(11(19)6-14(13)25-9-16(22)24)20-17-23-10-18(2,3)8-15(23)21-26-17;1-5-13-8-6-7-11(2)15(13)17(14(18)9-16)12(3)10-19-4;1-23(21,22)8-5-6-9(10(7-8)15(19)20)14(18)13-11(16)3-2-4-12(13)17;5-3(6)1-4-2-10(7,8)9;1-4(2)3/h1,6-7H,5,8-10H2,2-3H3;6-8,12H,5,9-10H2,1-4H3;5-7,13H,2-4H2,1H3;4H,1-2H2,(H,5,6)(H2,7,8,9);1-3H3/q;;;;+1/p-1. The van der Waals surface area contributed by atoms with Crippen LogP contribution in [0.3, 0.4) is 0 Å². The molecule has 3 N–H and O–H groups in total. The number of aromatic nitrogens is 2. The number of carboxylic acids is 1. The number of anilines is 2. The van der Waals surface area contributed by atoms with Gasteiger partial charge in [0.25, 0.3) is 11.6 Å². The van der Waals surface area contributed by atoms with Crippen LogP contribution in [-0.2, 0) is 73.4 Å². The van der Waals surface area contributed by atoms with Gasteiger partial charge in [-0.05, 0) is 72.3 Å². The predicted octanol–water partition coefficient (Wildman–Crippen LogP) is 5.20. The van der Waals surface area contributed by atoms with Gasteiger partial charge in [-0.1, -0.05) is 44.9 Å². The second-order valence-corrected chi connectivity index (χ2v) is 27.0. The van der Waals surface area contributed by atoms with Crippen molar-refractivity contribution in [2.24, 2.45) is 16.3 Å². The molecule has 3 aromatic carbocycles. The lowest BCUT2D eigenvalue weighted by Crippen LogP contribution is -2.43. The summed E-state index contributed by atoms with van der Waals surface area (Å²) in [5, 5.41) is 21.1. The second-order valence-electron chi connectivity index (χ2n) is 19.9. The summed E-state index contributed by atoms with van der Waals surface area (Å²) in [5.41, 5.74) is 2.72. The number of aliphatic carboxylic acids is 1. The SMILES string of the molecule is C#CCN1C(=O)COc2cc(F)c(N=c3snc4n3CC(C)(C)C4)cc21.CCc1cccc(C)c1N(C(=O)CCl)C(C)COC.CS(=O)(=O)c1ccc(C(=O)C2C(=O)CCCC2=O)c([N+](=O)[O-])c1.C[S+](C)C.O=C(O)CNCP(=O)([O-])O. The van der Waals surface area contributed by atoms with E-state index in [-0.39, 0.29) is 65.7 Å². The van der Waals surface area contributed by atoms with E-state index in [1.165, 1.54) is 28.6 Å².